The third-order valence-electron chi connectivity index (χ3n) is 3.97. The minimum atomic E-state index is -2.95. The molecule has 0 spiro atoms. The van der Waals surface area contributed by atoms with Crippen LogP contribution in [-0.2, 0) is 0 Å². The summed E-state index contributed by atoms with van der Waals surface area (Å²) in [6.45, 7) is 1.84. The summed E-state index contributed by atoms with van der Waals surface area (Å²) in [5, 5.41) is 6.49. The van der Waals surface area contributed by atoms with Crippen molar-refractivity contribution in [3.8, 4) is 5.82 Å². The molecule has 0 atom stereocenters. The number of aromatic nitrogens is 3. The number of alkyl halides is 2. The maximum atomic E-state index is 13.3. The number of benzene rings is 1. The number of pyridine rings is 1. The van der Waals surface area contributed by atoms with Crippen molar-refractivity contribution in [3.05, 3.63) is 68.5 Å². The number of carbonyl (C=O) groups excluding carboxylic acids is 2. The van der Waals surface area contributed by atoms with Gasteiger partial charge in [-0.1, -0.05) is 53.7 Å². The summed E-state index contributed by atoms with van der Waals surface area (Å²) in [6, 6.07) is 6.57. The number of amides is 2. The van der Waals surface area contributed by atoms with Crippen LogP contribution in [0.3, 0.4) is 0 Å². The van der Waals surface area contributed by atoms with Gasteiger partial charge in [-0.25, -0.2) is 18.4 Å². The largest absolute Gasteiger partial charge is 0.319 e. The van der Waals surface area contributed by atoms with E-state index in [1.54, 1.807) is 0 Å². The summed E-state index contributed by atoms with van der Waals surface area (Å²) in [6.07, 6.45) is -1.58. The molecule has 0 aliphatic heterocycles. The number of anilines is 1. The number of nitrogens with zero attached hydrogens (tertiary/aromatic N) is 3. The fourth-order valence-electron chi connectivity index (χ4n) is 2.61. The number of nitrogens with one attached hydrogen (secondary N) is 2. The second kappa shape index (κ2) is 10.5. The Balaban J connectivity index is 2.05. The van der Waals surface area contributed by atoms with Gasteiger partial charge < -0.3 is 5.32 Å². The van der Waals surface area contributed by atoms with Crippen LogP contribution in [0.25, 0.3) is 5.82 Å². The van der Waals surface area contributed by atoms with Crippen molar-refractivity contribution in [2.75, 3.05) is 11.1 Å². The summed E-state index contributed by atoms with van der Waals surface area (Å²) in [5.41, 5.74) is -1.00. The predicted octanol–water partition coefficient (Wildman–Crippen LogP) is 5.82. The molecule has 0 aliphatic carbocycles. The lowest BCUT2D eigenvalue weighted by Crippen LogP contribution is -2.22. The second-order valence-corrected chi connectivity index (χ2v) is 8.43. The van der Waals surface area contributed by atoms with E-state index in [1.165, 1.54) is 30.5 Å². The normalized spacial score (nSPS) is 11.0. The van der Waals surface area contributed by atoms with E-state index in [4.69, 9.17) is 34.8 Å². The lowest BCUT2D eigenvalue weighted by atomic mass is 10.1. The van der Waals surface area contributed by atoms with Gasteiger partial charge >= 0.3 is 0 Å². The molecule has 2 amide bonds. The number of halogens is 5. The Labute approximate surface area is 200 Å². The zero-order chi connectivity index (χ0) is 23.4. The van der Waals surface area contributed by atoms with E-state index in [0.29, 0.717) is 5.75 Å². The van der Waals surface area contributed by atoms with Crippen LogP contribution in [0.15, 0.2) is 36.5 Å². The number of hydrogen-bond donors (Lipinski definition) is 2. The molecule has 2 aromatic heterocycles. The van der Waals surface area contributed by atoms with Crippen molar-refractivity contribution in [2.24, 2.45) is 0 Å². The molecule has 13 heteroatoms. The first-order valence-electron chi connectivity index (χ1n) is 8.94. The molecule has 2 heterocycles. The Kier molecular flexibility index (Phi) is 7.94. The quantitative estimate of drug-likeness (QED) is 0.384. The van der Waals surface area contributed by atoms with Crippen molar-refractivity contribution in [3.63, 3.8) is 0 Å². The Morgan fingerprint density at radius 2 is 1.91 bits per heavy atom. The van der Waals surface area contributed by atoms with Crippen LogP contribution in [0.2, 0.25) is 15.1 Å². The molecular weight excluding hydrogens is 507 g/mol. The van der Waals surface area contributed by atoms with Crippen molar-refractivity contribution >= 4 is 64.3 Å². The molecule has 3 aromatic rings. The lowest BCUT2D eigenvalue weighted by molar-refractivity contribution is 0.0985. The Hall–Kier alpha value is -2.40. The lowest BCUT2D eigenvalue weighted by Gasteiger charge is -2.14. The average molecular weight is 521 g/mol. The van der Waals surface area contributed by atoms with Gasteiger partial charge in [0.25, 0.3) is 18.2 Å². The maximum Gasteiger partial charge on any atom is 0.282 e. The first kappa shape index (κ1) is 24.2. The second-order valence-electron chi connectivity index (χ2n) is 6.10. The summed E-state index contributed by atoms with van der Waals surface area (Å²) in [7, 11) is 0. The molecule has 0 saturated heterocycles. The molecule has 3 rings (SSSR count). The predicted molar refractivity (Wildman–Crippen MR) is 121 cm³/mol. The van der Waals surface area contributed by atoms with Crippen LogP contribution >= 0.6 is 46.8 Å². The maximum absolute atomic E-state index is 13.3. The first-order chi connectivity index (χ1) is 15.2. The third-order valence-corrected chi connectivity index (χ3v) is 5.40. The molecule has 1 aromatic carbocycles. The summed E-state index contributed by atoms with van der Waals surface area (Å²) < 4.78 is 30.1. The zero-order valence-electron chi connectivity index (χ0n) is 16.2. The highest BCUT2D eigenvalue weighted by Gasteiger charge is 2.25. The Bertz CT molecular complexity index is 1180. The monoisotopic (exact) mass is 519 g/mol. The molecule has 0 aliphatic rings. The van der Waals surface area contributed by atoms with Gasteiger partial charge in [0.15, 0.2) is 5.82 Å². The van der Waals surface area contributed by atoms with Gasteiger partial charge in [-0.15, -0.1) is 0 Å². The SMILES string of the molecule is CCSNC(=O)c1cc(Cl)cc(Cl)c1NC(=O)c1cc(C(F)F)nn1-c1ncccc1Cl. The topological polar surface area (TPSA) is 88.9 Å². The van der Waals surface area contributed by atoms with Gasteiger partial charge in [-0.3, -0.25) is 14.3 Å². The third kappa shape index (κ3) is 5.32. The van der Waals surface area contributed by atoms with E-state index < -0.39 is 23.9 Å². The zero-order valence-corrected chi connectivity index (χ0v) is 19.3. The Morgan fingerprint density at radius 1 is 1.16 bits per heavy atom. The molecule has 0 fully saturated rings. The van der Waals surface area contributed by atoms with E-state index in [0.717, 1.165) is 22.7 Å². The minimum absolute atomic E-state index is 0.00665. The highest BCUT2D eigenvalue weighted by Crippen LogP contribution is 2.32. The van der Waals surface area contributed by atoms with Gasteiger partial charge in [-0.05, 0) is 30.3 Å². The van der Waals surface area contributed by atoms with Gasteiger partial charge in [0, 0.05) is 17.0 Å². The van der Waals surface area contributed by atoms with E-state index in [2.05, 4.69) is 20.1 Å². The van der Waals surface area contributed by atoms with Crippen LogP contribution in [0, 0.1) is 0 Å². The van der Waals surface area contributed by atoms with Crippen LogP contribution in [-0.4, -0.2) is 32.3 Å². The summed E-state index contributed by atoms with van der Waals surface area (Å²) in [5.74, 6) is -0.841. The van der Waals surface area contributed by atoms with Gasteiger partial charge in [0.05, 0.1) is 21.3 Å². The smallest absolute Gasteiger partial charge is 0.282 e. The fraction of sp³-hybridized carbons (Fsp3) is 0.158. The molecular formula is C19H14Cl3F2N5O2S. The number of rotatable bonds is 7. The van der Waals surface area contributed by atoms with Crippen molar-refractivity contribution < 1.29 is 18.4 Å². The van der Waals surface area contributed by atoms with Crippen molar-refractivity contribution in [1.29, 1.82) is 0 Å². The first-order valence-corrected chi connectivity index (χ1v) is 11.1. The van der Waals surface area contributed by atoms with E-state index in [1.807, 2.05) is 6.92 Å². The molecule has 0 saturated carbocycles. The van der Waals surface area contributed by atoms with Crippen molar-refractivity contribution in [2.45, 2.75) is 13.3 Å². The van der Waals surface area contributed by atoms with E-state index in [-0.39, 0.29) is 37.8 Å². The Morgan fingerprint density at radius 3 is 2.56 bits per heavy atom. The van der Waals surface area contributed by atoms with Crippen LogP contribution in [0.5, 0.6) is 0 Å². The van der Waals surface area contributed by atoms with Gasteiger partial charge in [0.2, 0.25) is 0 Å². The highest BCUT2D eigenvalue weighted by molar-refractivity contribution is 7.97. The molecule has 32 heavy (non-hydrogen) atoms. The molecule has 7 nitrogen and oxygen atoms in total. The van der Waals surface area contributed by atoms with E-state index in [9.17, 15) is 18.4 Å². The summed E-state index contributed by atoms with van der Waals surface area (Å²) >= 11 is 19.5. The van der Waals surface area contributed by atoms with E-state index >= 15 is 0 Å². The van der Waals surface area contributed by atoms with Crippen molar-refractivity contribution in [1.82, 2.24) is 19.5 Å². The van der Waals surface area contributed by atoms with Crippen LogP contribution in [0.1, 0.15) is 39.9 Å². The standard InChI is InChI=1S/C19H14Cl3F2N5O2S/c1-2-32-28-18(30)10-6-9(20)7-12(22)15(10)26-19(31)14-8-13(16(23)24)27-29(14)17-11(21)4-3-5-25-17/h3-8,16H,2H2,1H3,(H,26,31)(H,28,30). The summed E-state index contributed by atoms with van der Waals surface area (Å²) in [4.78, 5) is 29.6. The number of hydrogen-bond acceptors (Lipinski definition) is 5. The van der Waals surface area contributed by atoms with Gasteiger partial charge in [-0.2, -0.15) is 5.10 Å². The molecule has 0 unspecified atom stereocenters. The number of carbonyl (C=O) groups is 2. The molecule has 168 valence electrons. The minimum Gasteiger partial charge on any atom is -0.319 e. The highest BCUT2D eigenvalue weighted by atomic mass is 35.5. The molecule has 2 N–H and O–H groups in total. The van der Waals surface area contributed by atoms with Crippen LogP contribution < -0.4 is 10.0 Å². The average Bonchev–Trinajstić information content (AvgIpc) is 3.19. The van der Waals surface area contributed by atoms with Gasteiger partial charge in [0.1, 0.15) is 11.4 Å². The van der Waals surface area contributed by atoms with Crippen LogP contribution in [0.4, 0.5) is 14.5 Å². The fourth-order valence-corrected chi connectivity index (χ4v) is 3.74. The molecule has 0 radical (unpaired) electrons. The molecule has 0 bridgehead atoms.